The van der Waals surface area contributed by atoms with Crippen LogP contribution in [0.5, 0.6) is 5.75 Å². The molecule has 2 aromatic rings. The number of nitrogens with one attached hydrogen (secondary N) is 1. The molecule has 4 nitrogen and oxygen atoms in total. The van der Waals surface area contributed by atoms with Gasteiger partial charge < -0.3 is 15.0 Å². The van der Waals surface area contributed by atoms with Crippen molar-refractivity contribution in [3.05, 3.63) is 48.2 Å². The van der Waals surface area contributed by atoms with Crippen molar-refractivity contribution < 1.29 is 4.74 Å². The fraction of sp³-hybridized carbons (Fsp3) is 0.312. The third-order valence-electron chi connectivity index (χ3n) is 3.53. The summed E-state index contributed by atoms with van der Waals surface area (Å²) in [5.74, 6) is 1.91. The van der Waals surface area contributed by atoms with Crippen molar-refractivity contribution in [3.8, 4) is 5.75 Å². The van der Waals surface area contributed by atoms with Crippen molar-refractivity contribution in [1.82, 2.24) is 4.98 Å². The van der Waals surface area contributed by atoms with Crippen molar-refractivity contribution in [3.63, 3.8) is 0 Å². The molecule has 0 saturated heterocycles. The predicted octanol–water partition coefficient (Wildman–Crippen LogP) is 2.91. The van der Waals surface area contributed by atoms with Gasteiger partial charge in [0.15, 0.2) is 0 Å². The molecule has 0 aliphatic carbocycles. The largest absolute Gasteiger partial charge is 0.491 e. The summed E-state index contributed by atoms with van der Waals surface area (Å²) >= 11 is 0. The van der Waals surface area contributed by atoms with E-state index in [9.17, 15) is 0 Å². The maximum atomic E-state index is 5.80. The quantitative estimate of drug-likeness (QED) is 0.929. The lowest BCUT2D eigenvalue weighted by Gasteiger charge is -2.24. The van der Waals surface area contributed by atoms with E-state index in [2.05, 4.69) is 33.4 Å². The number of rotatable bonds is 3. The molecule has 0 atom stereocenters. The topological polar surface area (TPSA) is 37.4 Å². The molecule has 3 rings (SSSR count). The Morgan fingerprint density at radius 1 is 1.25 bits per heavy atom. The molecule has 20 heavy (non-hydrogen) atoms. The minimum atomic E-state index is 0.777. The number of hydrogen-bond donors (Lipinski definition) is 1. The zero-order valence-electron chi connectivity index (χ0n) is 11.7. The van der Waals surface area contributed by atoms with E-state index < -0.39 is 0 Å². The Balaban J connectivity index is 1.90. The molecule has 0 saturated carbocycles. The molecule has 0 bridgehead atoms. The first-order chi connectivity index (χ1) is 9.88. The summed E-state index contributed by atoms with van der Waals surface area (Å²) in [4.78, 5) is 6.73. The van der Waals surface area contributed by atoms with Crippen LogP contribution in [-0.4, -0.2) is 25.2 Å². The van der Waals surface area contributed by atoms with Crippen molar-refractivity contribution in [1.29, 1.82) is 0 Å². The summed E-state index contributed by atoms with van der Waals surface area (Å²) in [6.07, 6.45) is 2.85. The Hall–Kier alpha value is -2.23. The van der Waals surface area contributed by atoms with Crippen LogP contribution in [0, 0.1) is 0 Å². The summed E-state index contributed by atoms with van der Waals surface area (Å²) in [5, 5.41) is 3.16. The zero-order valence-corrected chi connectivity index (χ0v) is 11.7. The fourth-order valence-electron chi connectivity index (χ4n) is 2.56. The van der Waals surface area contributed by atoms with Crippen LogP contribution in [0.2, 0.25) is 0 Å². The Labute approximate surface area is 119 Å². The highest BCUT2D eigenvalue weighted by Gasteiger charge is 2.17. The van der Waals surface area contributed by atoms with E-state index in [1.165, 1.54) is 5.56 Å². The molecule has 0 spiro atoms. The lowest BCUT2D eigenvalue weighted by Crippen LogP contribution is -2.23. The monoisotopic (exact) mass is 269 g/mol. The second kappa shape index (κ2) is 5.82. The molecule has 1 N–H and O–H groups in total. The second-order valence-corrected chi connectivity index (χ2v) is 4.85. The summed E-state index contributed by atoms with van der Waals surface area (Å²) in [6, 6.07) is 12.3. The van der Waals surface area contributed by atoms with Gasteiger partial charge in [0.05, 0.1) is 12.3 Å². The number of para-hydroxylation sites is 2. The third-order valence-corrected chi connectivity index (χ3v) is 3.53. The smallest absolute Gasteiger partial charge is 0.142 e. The van der Waals surface area contributed by atoms with Crippen LogP contribution in [-0.2, 0) is 6.54 Å². The molecule has 0 amide bonds. The fourth-order valence-corrected chi connectivity index (χ4v) is 2.56. The molecule has 1 aromatic heterocycles. The SMILES string of the molecule is CNc1ncccc1CN1CCCOc2ccccc21. The normalized spacial score (nSPS) is 14.2. The first-order valence-corrected chi connectivity index (χ1v) is 6.97. The van der Waals surface area contributed by atoms with Crippen LogP contribution in [0.1, 0.15) is 12.0 Å². The van der Waals surface area contributed by atoms with E-state index >= 15 is 0 Å². The standard InChI is InChI=1S/C16H19N3O/c1-17-16-13(6-4-9-18-16)12-19-10-5-11-20-15-8-3-2-7-14(15)19/h2-4,6-9H,5,10-12H2,1H3,(H,17,18). The van der Waals surface area contributed by atoms with E-state index in [-0.39, 0.29) is 0 Å². The van der Waals surface area contributed by atoms with Crippen molar-refractivity contribution in [2.24, 2.45) is 0 Å². The molecule has 104 valence electrons. The van der Waals surface area contributed by atoms with Gasteiger partial charge in [0.25, 0.3) is 0 Å². The van der Waals surface area contributed by atoms with Crippen LogP contribution >= 0.6 is 0 Å². The van der Waals surface area contributed by atoms with Gasteiger partial charge in [-0.3, -0.25) is 0 Å². The summed E-state index contributed by atoms with van der Waals surface area (Å²) in [5.41, 5.74) is 2.36. The van der Waals surface area contributed by atoms with Crippen LogP contribution in [0.3, 0.4) is 0 Å². The summed E-state index contributed by atoms with van der Waals surface area (Å²) < 4.78 is 5.80. The van der Waals surface area contributed by atoms with E-state index in [4.69, 9.17) is 4.74 Å². The van der Waals surface area contributed by atoms with Crippen LogP contribution < -0.4 is 15.0 Å². The van der Waals surface area contributed by atoms with Gasteiger partial charge in [-0.1, -0.05) is 18.2 Å². The number of anilines is 2. The number of ether oxygens (including phenoxy) is 1. The average Bonchev–Trinajstić information content (AvgIpc) is 2.71. The minimum Gasteiger partial charge on any atom is -0.491 e. The van der Waals surface area contributed by atoms with Gasteiger partial charge >= 0.3 is 0 Å². The molecule has 0 unspecified atom stereocenters. The number of benzene rings is 1. The molecular formula is C16H19N3O. The molecule has 1 aliphatic heterocycles. The Bertz CT molecular complexity index is 585. The highest BCUT2D eigenvalue weighted by Crippen LogP contribution is 2.32. The first kappa shape index (κ1) is 12.8. The zero-order chi connectivity index (χ0) is 13.8. The minimum absolute atomic E-state index is 0.777. The molecular weight excluding hydrogens is 250 g/mol. The van der Waals surface area contributed by atoms with Crippen LogP contribution in [0.25, 0.3) is 0 Å². The molecule has 0 radical (unpaired) electrons. The van der Waals surface area contributed by atoms with Gasteiger partial charge in [-0.25, -0.2) is 4.98 Å². The van der Waals surface area contributed by atoms with E-state index in [0.29, 0.717) is 0 Å². The van der Waals surface area contributed by atoms with Gasteiger partial charge in [-0.05, 0) is 24.6 Å². The highest BCUT2D eigenvalue weighted by molar-refractivity contribution is 5.60. The Morgan fingerprint density at radius 3 is 3.05 bits per heavy atom. The number of pyridine rings is 1. The number of fused-ring (bicyclic) bond motifs is 1. The van der Waals surface area contributed by atoms with E-state index in [1.54, 1.807) is 0 Å². The van der Waals surface area contributed by atoms with Crippen molar-refractivity contribution >= 4 is 11.5 Å². The van der Waals surface area contributed by atoms with Gasteiger partial charge in [0, 0.05) is 31.9 Å². The van der Waals surface area contributed by atoms with E-state index in [1.807, 2.05) is 31.4 Å². The highest BCUT2D eigenvalue weighted by atomic mass is 16.5. The molecule has 0 fully saturated rings. The third kappa shape index (κ3) is 2.54. The van der Waals surface area contributed by atoms with Crippen molar-refractivity contribution in [2.75, 3.05) is 30.4 Å². The van der Waals surface area contributed by atoms with Gasteiger partial charge in [0.1, 0.15) is 11.6 Å². The lowest BCUT2D eigenvalue weighted by atomic mass is 10.2. The maximum absolute atomic E-state index is 5.80. The number of nitrogens with zero attached hydrogens (tertiary/aromatic N) is 2. The lowest BCUT2D eigenvalue weighted by molar-refractivity contribution is 0.322. The van der Waals surface area contributed by atoms with Gasteiger partial charge in [0.2, 0.25) is 0 Å². The second-order valence-electron chi connectivity index (χ2n) is 4.85. The Morgan fingerprint density at radius 2 is 2.15 bits per heavy atom. The molecule has 1 aliphatic rings. The average molecular weight is 269 g/mol. The molecule has 2 heterocycles. The predicted molar refractivity (Wildman–Crippen MR) is 81.4 cm³/mol. The molecule has 4 heteroatoms. The molecule has 1 aromatic carbocycles. The Kier molecular flexibility index (Phi) is 3.72. The van der Waals surface area contributed by atoms with Gasteiger partial charge in [-0.15, -0.1) is 0 Å². The van der Waals surface area contributed by atoms with E-state index in [0.717, 1.165) is 43.4 Å². The van der Waals surface area contributed by atoms with Crippen molar-refractivity contribution in [2.45, 2.75) is 13.0 Å². The van der Waals surface area contributed by atoms with Crippen LogP contribution in [0.15, 0.2) is 42.6 Å². The summed E-state index contributed by atoms with van der Waals surface area (Å²) in [6.45, 7) is 2.61. The number of hydrogen-bond acceptors (Lipinski definition) is 4. The number of aromatic nitrogens is 1. The van der Waals surface area contributed by atoms with Crippen LogP contribution in [0.4, 0.5) is 11.5 Å². The maximum Gasteiger partial charge on any atom is 0.142 e. The van der Waals surface area contributed by atoms with Gasteiger partial charge in [-0.2, -0.15) is 0 Å². The summed E-state index contributed by atoms with van der Waals surface area (Å²) in [7, 11) is 1.91. The first-order valence-electron chi connectivity index (χ1n) is 6.97.